The van der Waals surface area contributed by atoms with Gasteiger partial charge in [-0.15, -0.1) is 0 Å². The van der Waals surface area contributed by atoms with Crippen molar-refractivity contribution in [2.45, 2.75) is 12.8 Å². The van der Waals surface area contributed by atoms with Gasteiger partial charge in [0, 0.05) is 5.92 Å². The fourth-order valence-electron chi connectivity index (χ4n) is 2.47. The van der Waals surface area contributed by atoms with Gasteiger partial charge >= 0.3 is 5.63 Å². The zero-order chi connectivity index (χ0) is 15.5. The first kappa shape index (κ1) is 14.1. The van der Waals surface area contributed by atoms with Gasteiger partial charge in [0.15, 0.2) is 0 Å². The summed E-state index contributed by atoms with van der Waals surface area (Å²) in [6, 6.07) is 16.8. The highest BCUT2D eigenvalue weighted by Crippen LogP contribution is 2.31. The van der Waals surface area contributed by atoms with E-state index < -0.39 is 5.63 Å². The number of hydrogen-bond acceptors (Lipinski definition) is 3. The number of para-hydroxylation sites is 1. The van der Waals surface area contributed by atoms with Crippen molar-refractivity contribution in [3.05, 3.63) is 82.2 Å². The van der Waals surface area contributed by atoms with Crippen LogP contribution in [0.3, 0.4) is 0 Å². The van der Waals surface area contributed by atoms with Gasteiger partial charge in [-0.05, 0) is 17.7 Å². The smallest absolute Gasteiger partial charge is 0.343 e. The molecule has 0 radical (unpaired) electrons. The van der Waals surface area contributed by atoms with Crippen LogP contribution in [-0.2, 0) is 0 Å². The van der Waals surface area contributed by atoms with Crippen molar-refractivity contribution in [2.75, 3.05) is 0 Å². The molecule has 0 spiro atoms. The Balaban J connectivity index is 2.02. The van der Waals surface area contributed by atoms with Crippen LogP contribution in [0.1, 0.15) is 24.0 Å². The topological polar surface area (TPSA) is 50.4 Å². The molecule has 1 heterocycles. The first-order valence-electron chi connectivity index (χ1n) is 7.15. The van der Waals surface area contributed by atoms with E-state index in [1.165, 1.54) is 0 Å². The highest BCUT2D eigenvalue weighted by atomic mass is 16.4. The Labute approximate surface area is 128 Å². The van der Waals surface area contributed by atoms with Crippen LogP contribution in [0.2, 0.25) is 0 Å². The van der Waals surface area contributed by atoms with Crippen molar-refractivity contribution in [3.8, 4) is 5.75 Å². The molecule has 0 aliphatic carbocycles. The molecule has 0 aliphatic heterocycles. The van der Waals surface area contributed by atoms with Crippen LogP contribution in [0.15, 0.2) is 69.9 Å². The summed E-state index contributed by atoms with van der Waals surface area (Å²) in [4.78, 5) is 12.1. The normalized spacial score (nSPS) is 12.8. The Morgan fingerprint density at radius 2 is 1.73 bits per heavy atom. The lowest BCUT2D eigenvalue weighted by molar-refractivity contribution is 0.454. The zero-order valence-corrected chi connectivity index (χ0v) is 12.2. The highest BCUT2D eigenvalue weighted by Gasteiger charge is 2.17. The molecule has 2 aromatic carbocycles. The van der Waals surface area contributed by atoms with Gasteiger partial charge in [0.05, 0.1) is 10.9 Å². The van der Waals surface area contributed by atoms with E-state index in [9.17, 15) is 9.90 Å². The van der Waals surface area contributed by atoms with Gasteiger partial charge in [0.1, 0.15) is 11.3 Å². The molecule has 0 amide bonds. The SMILES string of the molecule is C[C@@H](/C=C/c1ccccc1)c1c(O)c2ccccc2oc1=O. The third-order valence-corrected chi connectivity index (χ3v) is 3.65. The van der Waals surface area contributed by atoms with Crippen LogP contribution in [0, 0.1) is 0 Å². The van der Waals surface area contributed by atoms with Crippen LogP contribution in [0.5, 0.6) is 5.75 Å². The van der Waals surface area contributed by atoms with Crippen LogP contribution in [0.25, 0.3) is 17.0 Å². The van der Waals surface area contributed by atoms with Gasteiger partial charge in [0.2, 0.25) is 0 Å². The maximum absolute atomic E-state index is 12.1. The van der Waals surface area contributed by atoms with Crippen molar-refractivity contribution in [2.24, 2.45) is 0 Å². The summed E-state index contributed by atoms with van der Waals surface area (Å²) in [7, 11) is 0. The van der Waals surface area contributed by atoms with E-state index >= 15 is 0 Å². The summed E-state index contributed by atoms with van der Waals surface area (Å²) in [5.74, 6) is -0.252. The van der Waals surface area contributed by atoms with Gasteiger partial charge in [0.25, 0.3) is 0 Å². The lowest BCUT2D eigenvalue weighted by atomic mass is 9.99. The first-order valence-corrected chi connectivity index (χ1v) is 7.15. The summed E-state index contributed by atoms with van der Waals surface area (Å²) in [5.41, 5.74) is 1.22. The van der Waals surface area contributed by atoms with Crippen LogP contribution in [0.4, 0.5) is 0 Å². The molecule has 110 valence electrons. The molecule has 3 nitrogen and oxygen atoms in total. The zero-order valence-electron chi connectivity index (χ0n) is 12.2. The molecule has 3 rings (SSSR count). The Bertz CT molecular complexity index is 876. The Morgan fingerprint density at radius 3 is 2.50 bits per heavy atom. The second-order valence-electron chi connectivity index (χ2n) is 5.21. The standard InChI is InChI=1S/C19H16O3/c1-13(11-12-14-7-3-2-4-8-14)17-18(20)15-9-5-6-10-16(15)22-19(17)21/h2-13,20H,1H3/b12-11+/t13-/m0/s1. The predicted octanol–water partition coefficient (Wildman–Crippen LogP) is 4.32. The number of aromatic hydroxyl groups is 1. The molecule has 0 saturated carbocycles. The molecule has 1 aromatic heterocycles. The molecule has 1 atom stereocenters. The number of benzene rings is 2. The molecule has 0 aliphatic rings. The molecule has 0 saturated heterocycles. The summed E-state index contributed by atoms with van der Waals surface area (Å²) < 4.78 is 5.30. The lowest BCUT2D eigenvalue weighted by Gasteiger charge is -2.09. The average molecular weight is 292 g/mol. The van der Waals surface area contributed by atoms with E-state index in [1.54, 1.807) is 24.3 Å². The number of rotatable bonds is 3. The third kappa shape index (κ3) is 2.66. The van der Waals surface area contributed by atoms with Crippen molar-refractivity contribution in [3.63, 3.8) is 0 Å². The van der Waals surface area contributed by atoms with E-state index in [0.29, 0.717) is 11.0 Å². The van der Waals surface area contributed by atoms with Gasteiger partial charge in [-0.25, -0.2) is 4.79 Å². The molecular formula is C19H16O3. The summed E-state index contributed by atoms with van der Waals surface area (Å²) >= 11 is 0. The van der Waals surface area contributed by atoms with Gasteiger partial charge in [-0.2, -0.15) is 0 Å². The van der Waals surface area contributed by atoms with Crippen LogP contribution >= 0.6 is 0 Å². The summed E-state index contributed by atoms with van der Waals surface area (Å²) in [5, 5.41) is 11.0. The number of allylic oxidation sites excluding steroid dienone is 1. The number of fused-ring (bicyclic) bond motifs is 1. The Hall–Kier alpha value is -2.81. The van der Waals surface area contributed by atoms with E-state index in [2.05, 4.69) is 0 Å². The van der Waals surface area contributed by atoms with Crippen molar-refractivity contribution in [1.82, 2.24) is 0 Å². The van der Waals surface area contributed by atoms with E-state index in [4.69, 9.17) is 4.42 Å². The van der Waals surface area contributed by atoms with Gasteiger partial charge < -0.3 is 9.52 Å². The highest BCUT2D eigenvalue weighted by molar-refractivity contribution is 5.84. The minimum absolute atomic E-state index is 0.00272. The van der Waals surface area contributed by atoms with E-state index in [0.717, 1.165) is 5.56 Å². The van der Waals surface area contributed by atoms with E-state index in [1.807, 2.05) is 49.4 Å². The number of hydrogen-bond donors (Lipinski definition) is 1. The summed E-state index contributed by atoms with van der Waals surface area (Å²) in [6.07, 6.45) is 3.81. The van der Waals surface area contributed by atoms with Crippen LogP contribution in [-0.4, -0.2) is 5.11 Å². The molecule has 0 unspecified atom stereocenters. The maximum atomic E-state index is 12.1. The third-order valence-electron chi connectivity index (χ3n) is 3.65. The summed E-state index contributed by atoms with van der Waals surface area (Å²) in [6.45, 7) is 1.86. The monoisotopic (exact) mass is 292 g/mol. The molecule has 0 bridgehead atoms. The molecule has 3 heteroatoms. The largest absolute Gasteiger partial charge is 0.507 e. The van der Waals surface area contributed by atoms with E-state index in [-0.39, 0.29) is 17.2 Å². The Kier molecular flexibility index (Phi) is 3.79. The van der Waals surface area contributed by atoms with Crippen molar-refractivity contribution >= 4 is 17.0 Å². The lowest BCUT2D eigenvalue weighted by Crippen LogP contribution is -2.09. The Morgan fingerprint density at radius 1 is 1.05 bits per heavy atom. The molecular weight excluding hydrogens is 276 g/mol. The molecule has 0 fully saturated rings. The fraction of sp³-hybridized carbons (Fsp3) is 0.105. The average Bonchev–Trinajstić information content (AvgIpc) is 2.54. The van der Waals surface area contributed by atoms with Crippen molar-refractivity contribution in [1.29, 1.82) is 0 Å². The minimum atomic E-state index is -0.499. The maximum Gasteiger partial charge on any atom is 0.343 e. The minimum Gasteiger partial charge on any atom is -0.507 e. The molecule has 1 N–H and O–H groups in total. The predicted molar refractivity (Wildman–Crippen MR) is 88.0 cm³/mol. The first-order chi connectivity index (χ1) is 10.7. The second-order valence-corrected chi connectivity index (χ2v) is 5.21. The second kappa shape index (κ2) is 5.90. The van der Waals surface area contributed by atoms with Crippen LogP contribution < -0.4 is 5.63 Å². The van der Waals surface area contributed by atoms with Gasteiger partial charge in [-0.3, -0.25) is 0 Å². The fourth-order valence-corrected chi connectivity index (χ4v) is 2.47. The molecule has 3 aromatic rings. The quantitative estimate of drug-likeness (QED) is 0.732. The van der Waals surface area contributed by atoms with Gasteiger partial charge in [-0.1, -0.05) is 61.5 Å². The molecule has 22 heavy (non-hydrogen) atoms. The van der Waals surface area contributed by atoms with Crippen molar-refractivity contribution < 1.29 is 9.52 Å².